The van der Waals surface area contributed by atoms with Gasteiger partial charge in [0.05, 0.1) is 6.10 Å². The second-order valence-electron chi connectivity index (χ2n) is 3.45. The first-order chi connectivity index (χ1) is 5.72. The van der Waals surface area contributed by atoms with Crippen LogP contribution < -0.4 is 5.11 Å². The summed E-state index contributed by atoms with van der Waals surface area (Å²) in [7, 11) is 1.71. The van der Waals surface area contributed by atoms with Crippen LogP contribution >= 0.6 is 0 Å². The van der Waals surface area contributed by atoms with Crippen LogP contribution in [-0.4, -0.2) is 19.2 Å². The first-order valence-corrected chi connectivity index (χ1v) is 4.45. The average molecular weight is 171 g/mol. The van der Waals surface area contributed by atoms with Crippen molar-refractivity contribution < 1.29 is 14.6 Å². The number of hydrogen-bond donors (Lipinski definition) is 0. The van der Waals surface area contributed by atoms with Crippen molar-refractivity contribution in [2.24, 2.45) is 5.92 Å². The molecule has 0 aromatic heterocycles. The number of aliphatic carboxylic acids is 1. The number of ether oxygens (including phenoxy) is 1. The van der Waals surface area contributed by atoms with E-state index in [1.807, 2.05) is 0 Å². The van der Waals surface area contributed by atoms with Gasteiger partial charge in [-0.2, -0.15) is 0 Å². The van der Waals surface area contributed by atoms with Crippen molar-refractivity contribution in [3.8, 4) is 0 Å². The van der Waals surface area contributed by atoms with Crippen molar-refractivity contribution in [1.29, 1.82) is 0 Å². The Hall–Kier alpha value is -0.570. The minimum atomic E-state index is -0.920. The lowest BCUT2D eigenvalue weighted by atomic mass is 9.85. The van der Waals surface area contributed by atoms with Crippen LogP contribution in [0.5, 0.6) is 0 Å². The SMILES string of the molecule is COC1CCC(CC(=O)[O-])CC1. The summed E-state index contributed by atoms with van der Waals surface area (Å²) in [4.78, 5) is 10.3. The standard InChI is InChI=1S/C9H16O3/c1-12-8-4-2-7(3-5-8)6-9(10)11/h7-8H,2-6H2,1H3,(H,10,11)/p-1. The summed E-state index contributed by atoms with van der Waals surface area (Å²) in [5, 5.41) is 10.3. The zero-order valence-corrected chi connectivity index (χ0v) is 7.41. The maximum atomic E-state index is 10.3. The van der Waals surface area contributed by atoms with E-state index >= 15 is 0 Å². The largest absolute Gasteiger partial charge is 0.550 e. The third kappa shape index (κ3) is 2.81. The number of carbonyl (C=O) groups excluding carboxylic acids is 1. The van der Waals surface area contributed by atoms with Crippen molar-refractivity contribution in [2.75, 3.05) is 7.11 Å². The Kier molecular flexibility index (Phi) is 3.53. The Morgan fingerprint density at radius 2 is 2.00 bits per heavy atom. The normalized spacial score (nSPS) is 30.1. The van der Waals surface area contributed by atoms with Gasteiger partial charge in [0.1, 0.15) is 0 Å². The Balaban J connectivity index is 2.21. The molecule has 0 saturated heterocycles. The molecule has 0 bridgehead atoms. The summed E-state index contributed by atoms with van der Waals surface area (Å²) in [6.07, 6.45) is 4.49. The van der Waals surface area contributed by atoms with Gasteiger partial charge in [0, 0.05) is 13.1 Å². The van der Waals surface area contributed by atoms with Crippen LogP contribution in [0.3, 0.4) is 0 Å². The van der Waals surface area contributed by atoms with Crippen LogP contribution in [0.25, 0.3) is 0 Å². The molecule has 1 aliphatic carbocycles. The highest BCUT2D eigenvalue weighted by molar-refractivity contribution is 5.64. The molecule has 1 saturated carbocycles. The lowest BCUT2D eigenvalue weighted by molar-refractivity contribution is -0.307. The molecule has 0 unspecified atom stereocenters. The van der Waals surface area contributed by atoms with E-state index in [1.165, 1.54) is 0 Å². The third-order valence-corrected chi connectivity index (χ3v) is 2.58. The molecule has 70 valence electrons. The average Bonchev–Trinajstić information content (AvgIpc) is 2.05. The molecule has 1 aliphatic rings. The summed E-state index contributed by atoms with van der Waals surface area (Å²) in [6, 6.07) is 0. The highest BCUT2D eigenvalue weighted by Crippen LogP contribution is 2.27. The van der Waals surface area contributed by atoms with Gasteiger partial charge in [-0.05, 0) is 38.0 Å². The number of hydrogen-bond acceptors (Lipinski definition) is 3. The number of carboxylic acids is 1. The maximum Gasteiger partial charge on any atom is 0.0571 e. The van der Waals surface area contributed by atoms with Crippen LogP contribution in [0.1, 0.15) is 32.1 Å². The molecule has 0 spiro atoms. The first kappa shape index (κ1) is 9.52. The van der Waals surface area contributed by atoms with Gasteiger partial charge < -0.3 is 14.6 Å². The predicted octanol–water partition coefficient (Wildman–Crippen LogP) is 0.332. The van der Waals surface area contributed by atoms with E-state index in [2.05, 4.69) is 0 Å². The van der Waals surface area contributed by atoms with E-state index in [4.69, 9.17) is 4.74 Å². The van der Waals surface area contributed by atoms with E-state index < -0.39 is 5.97 Å². The molecule has 0 aromatic carbocycles. The Morgan fingerprint density at radius 1 is 1.42 bits per heavy atom. The minimum Gasteiger partial charge on any atom is -0.550 e. The van der Waals surface area contributed by atoms with Gasteiger partial charge in [-0.25, -0.2) is 0 Å². The van der Waals surface area contributed by atoms with Gasteiger partial charge in [-0.15, -0.1) is 0 Å². The van der Waals surface area contributed by atoms with Gasteiger partial charge in [0.25, 0.3) is 0 Å². The van der Waals surface area contributed by atoms with Gasteiger partial charge in [-0.1, -0.05) is 0 Å². The molecule has 0 heterocycles. The quantitative estimate of drug-likeness (QED) is 0.615. The molecule has 1 rings (SSSR count). The van der Waals surface area contributed by atoms with Gasteiger partial charge in [0.2, 0.25) is 0 Å². The van der Waals surface area contributed by atoms with E-state index in [1.54, 1.807) is 7.11 Å². The highest BCUT2D eigenvalue weighted by atomic mass is 16.5. The topological polar surface area (TPSA) is 49.4 Å². The van der Waals surface area contributed by atoms with Gasteiger partial charge >= 0.3 is 0 Å². The lowest BCUT2D eigenvalue weighted by Crippen LogP contribution is -2.28. The summed E-state index contributed by atoms with van der Waals surface area (Å²) in [6.45, 7) is 0. The van der Waals surface area contributed by atoms with Crippen molar-refractivity contribution >= 4 is 5.97 Å². The molecule has 0 aliphatic heterocycles. The van der Waals surface area contributed by atoms with Crippen molar-refractivity contribution in [2.45, 2.75) is 38.2 Å². The molecule has 3 heteroatoms. The van der Waals surface area contributed by atoms with Crippen LogP contribution in [0.2, 0.25) is 0 Å². The van der Waals surface area contributed by atoms with Gasteiger partial charge in [-0.3, -0.25) is 0 Å². The fourth-order valence-corrected chi connectivity index (χ4v) is 1.81. The van der Waals surface area contributed by atoms with Crippen LogP contribution in [0, 0.1) is 5.92 Å². The molecule has 0 atom stereocenters. The fraction of sp³-hybridized carbons (Fsp3) is 0.889. The summed E-state index contributed by atoms with van der Waals surface area (Å²) in [5.41, 5.74) is 0. The monoisotopic (exact) mass is 171 g/mol. The molecule has 0 aromatic rings. The van der Waals surface area contributed by atoms with E-state index in [0.717, 1.165) is 25.7 Å². The summed E-state index contributed by atoms with van der Waals surface area (Å²) >= 11 is 0. The van der Waals surface area contributed by atoms with Crippen LogP contribution in [0.15, 0.2) is 0 Å². The van der Waals surface area contributed by atoms with Crippen molar-refractivity contribution in [1.82, 2.24) is 0 Å². The minimum absolute atomic E-state index is 0.219. The molecular formula is C9H15O3-. The molecule has 0 N–H and O–H groups in total. The second-order valence-corrected chi connectivity index (χ2v) is 3.45. The maximum absolute atomic E-state index is 10.3. The Morgan fingerprint density at radius 3 is 2.42 bits per heavy atom. The van der Waals surface area contributed by atoms with E-state index in [9.17, 15) is 9.90 Å². The van der Waals surface area contributed by atoms with Crippen LogP contribution in [0.4, 0.5) is 0 Å². The zero-order valence-electron chi connectivity index (χ0n) is 7.41. The number of carbonyl (C=O) groups is 1. The Bertz CT molecular complexity index is 148. The van der Waals surface area contributed by atoms with E-state index in [0.29, 0.717) is 12.0 Å². The summed E-state index contributed by atoms with van der Waals surface area (Å²) < 4.78 is 5.18. The molecule has 3 nitrogen and oxygen atoms in total. The second kappa shape index (κ2) is 4.45. The number of rotatable bonds is 3. The fourth-order valence-electron chi connectivity index (χ4n) is 1.81. The highest BCUT2D eigenvalue weighted by Gasteiger charge is 2.20. The smallest absolute Gasteiger partial charge is 0.0571 e. The van der Waals surface area contributed by atoms with E-state index in [-0.39, 0.29) is 6.42 Å². The zero-order chi connectivity index (χ0) is 8.97. The molecule has 0 amide bonds. The van der Waals surface area contributed by atoms with Gasteiger partial charge in [0.15, 0.2) is 0 Å². The first-order valence-electron chi connectivity index (χ1n) is 4.45. The summed E-state index contributed by atoms with van der Waals surface area (Å²) in [5.74, 6) is -0.600. The van der Waals surface area contributed by atoms with Crippen LogP contribution in [-0.2, 0) is 9.53 Å². The third-order valence-electron chi connectivity index (χ3n) is 2.58. The number of carboxylic acid groups (broad SMARTS) is 1. The van der Waals surface area contributed by atoms with Crippen molar-refractivity contribution in [3.05, 3.63) is 0 Å². The number of methoxy groups -OCH3 is 1. The predicted molar refractivity (Wildman–Crippen MR) is 42.4 cm³/mol. The molecular weight excluding hydrogens is 156 g/mol. The molecule has 1 fully saturated rings. The lowest BCUT2D eigenvalue weighted by Gasteiger charge is -2.27. The van der Waals surface area contributed by atoms with Crippen molar-refractivity contribution in [3.63, 3.8) is 0 Å². The molecule has 12 heavy (non-hydrogen) atoms. The Labute approximate surface area is 72.7 Å². The molecule has 0 radical (unpaired) electrons.